The quantitative estimate of drug-likeness (QED) is 0.389. The van der Waals surface area contributed by atoms with E-state index in [1.807, 2.05) is 13.8 Å². The molecule has 0 spiro atoms. The highest BCUT2D eigenvalue weighted by Crippen LogP contribution is 2.15. The van der Waals surface area contributed by atoms with Crippen LogP contribution in [0.25, 0.3) is 0 Å². The smallest absolute Gasteiger partial charge is 0.123 e. The molecule has 0 aliphatic carbocycles. The molecule has 1 aromatic heterocycles. The molecule has 1 aromatic rings. The molecule has 15 heavy (non-hydrogen) atoms. The molecule has 1 rings (SSSR count). The Labute approximate surface area is 89.6 Å². The van der Waals surface area contributed by atoms with Gasteiger partial charge in [-0.15, -0.1) is 0 Å². The standard InChI is InChI=1S/C10H17N5/c1-7(2)15(6-11)10(13)8-4-3-5-9(12)14-8/h3-7,10-11H,13H2,1-2H3,(H2,12,14). The first kappa shape index (κ1) is 11.5. The Morgan fingerprint density at radius 2 is 2.13 bits per heavy atom. The minimum Gasteiger partial charge on any atom is -0.384 e. The van der Waals surface area contributed by atoms with Gasteiger partial charge < -0.3 is 16.4 Å². The number of hydrogen-bond acceptors (Lipinski definition) is 4. The highest BCUT2D eigenvalue weighted by Gasteiger charge is 2.16. The summed E-state index contributed by atoms with van der Waals surface area (Å²) in [6.45, 7) is 3.94. The molecule has 1 atom stereocenters. The van der Waals surface area contributed by atoms with Crippen molar-refractivity contribution in [1.82, 2.24) is 9.88 Å². The van der Waals surface area contributed by atoms with Crippen molar-refractivity contribution in [1.29, 1.82) is 5.41 Å². The zero-order valence-electron chi connectivity index (χ0n) is 9.01. The molecule has 0 bridgehead atoms. The highest BCUT2D eigenvalue weighted by atomic mass is 15.2. The van der Waals surface area contributed by atoms with E-state index in [1.165, 1.54) is 6.34 Å². The van der Waals surface area contributed by atoms with E-state index in [0.717, 1.165) is 0 Å². The summed E-state index contributed by atoms with van der Waals surface area (Å²) in [6, 6.07) is 5.47. The van der Waals surface area contributed by atoms with Crippen LogP contribution in [0.2, 0.25) is 0 Å². The van der Waals surface area contributed by atoms with Gasteiger partial charge in [0.1, 0.15) is 12.0 Å². The fourth-order valence-electron chi connectivity index (χ4n) is 1.34. The first-order chi connectivity index (χ1) is 7.06. The van der Waals surface area contributed by atoms with E-state index in [2.05, 4.69) is 4.98 Å². The van der Waals surface area contributed by atoms with Gasteiger partial charge in [0.15, 0.2) is 0 Å². The van der Waals surface area contributed by atoms with Crippen molar-refractivity contribution in [3.8, 4) is 0 Å². The van der Waals surface area contributed by atoms with Crippen LogP contribution in [0, 0.1) is 5.41 Å². The third kappa shape index (κ3) is 2.66. The number of rotatable bonds is 4. The predicted octanol–water partition coefficient (Wildman–Crippen LogP) is 0.939. The summed E-state index contributed by atoms with van der Waals surface area (Å²) >= 11 is 0. The van der Waals surface area contributed by atoms with Gasteiger partial charge in [0.2, 0.25) is 0 Å². The van der Waals surface area contributed by atoms with Crippen molar-refractivity contribution in [3.63, 3.8) is 0 Å². The van der Waals surface area contributed by atoms with Crippen molar-refractivity contribution < 1.29 is 0 Å². The molecule has 0 aliphatic heterocycles. The van der Waals surface area contributed by atoms with E-state index < -0.39 is 6.17 Å². The summed E-state index contributed by atoms with van der Waals surface area (Å²) in [7, 11) is 0. The van der Waals surface area contributed by atoms with Gasteiger partial charge in [0.25, 0.3) is 0 Å². The predicted molar refractivity (Wildman–Crippen MR) is 61.3 cm³/mol. The van der Waals surface area contributed by atoms with Crippen LogP contribution in [0.5, 0.6) is 0 Å². The Morgan fingerprint density at radius 1 is 1.47 bits per heavy atom. The molecule has 5 nitrogen and oxygen atoms in total. The van der Waals surface area contributed by atoms with Crippen LogP contribution in [0.1, 0.15) is 25.7 Å². The summed E-state index contributed by atoms with van der Waals surface area (Å²) in [5.41, 5.74) is 12.2. The maximum absolute atomic E-state index is 7.29. The van der Waals surface area contributed by atoms with E-state index in [-0.39, 0.29) is 6.04 Å². The molecular weight excluding hydrogens is 190 g/mol. The highest BCUT2D eigenvalue weighted by molar-refractivity contribution is 5.52. The van der Waals surface area contributed by atoms with Gasteiger partial charge >= 0.3 is 0 Å². The van der Waals surface area contributed by atoms with Gasteiger partial charge in [0.05, 0.1) is 12.0 Å². The van der Waals surface area contributed by atoms with Crippen LogP contribution >= 0.6 is 0 Å². The van der Waals surface area contributed by atoms with Crippen LogP contribution in [0.15, 0.2) is 18.2 Å². The summed E-state index contributed by atoms with van der Waals surface area (Å²) in [5, 5.41) is 7.29. The fraction of sp³-hybridized carbons (Fsp3) is 0.400. The zero-order chi connectivity index (χ0) is 11.4. The Bertz CT molecular complexity index is 336. The Kier molecular flexibility index (Phi) is 3.62. The number of nitrogens with zero attached hydrogens (tertiary/aromatic N) is 2. The molecule has 0 amide bonds. The summed E-state index contributed by atoms with van der Waals surface area (Å²) in [5.74, 6) is 0.441. The third-order valence-corrected chi connectivity index (χ3v) is 2.16. The van der Waals surface area contributed by atoms with Crippen molar-refractivity contribution in [2.75, 3.05) is 5.73 Å². The maximum Gasteiger partial charge on any atom is 0.123 e. The number of anilines is 1. The normalized spacial score (nSPS) is 12.5. The van der Waals surface area contributed by atoms with Gasteiger partial charge in [-0.1, -0.05) is 6.07 Å². The molecule has 1 unspecified atom stereocenters. The second-order valence-corrected chi connectivity index (χ2v) is 3.60. The Morgan fingerprint density at radius 3 is 2.60 bits per heavy atom. The average Bonchev–Trinajstić information content (AvgIpc) is 2.18. The lowest BCUT2D eigenvalue weighted by molar-refractivity contribution is 0.272. The first-order valence-electron chi connectivity index (χ1n) is 4.82. The summed E-state index contributed by atoms with van der Waals surface area (Å²) in [6.07, 6.45) is 0.797. The molecule has 0 fully saturated rings. The SMILES string of the molecule is CC(C)N(C=N)C(N)c1cccc(N)n1. The zero-order valence-corrected chi connectivity index (χ0v) is 9.01. The van der Waals surface area contributed by atoms with Crippen LogP contribution in [0.4, 0.5) is 5.82 Å². The topological polar surface area (TPSA) is 92.0 Å². The van der Waals surface area contributed by atoms with Crippen molar-refractivity contribution in [2.45, 2.75) is 26.1 Å². The molecule has 5 heteroatoms. The van der Waals surface area contributed by atoms with E-state index >= 15 is 0 Å². The van der Waals surface area contributed by atoms with Crippen LogP contribution in [-0.2, 0) is 0 Å². The lowest BCUT2D eigenvalue weighted by atomic mass is 10.2. The molecule has 0 radical (unpaired) electrons. The van der Waals surface area contributed by atoms with Crippen LogP contribution < -0.4 is 11.5 Å². The minimum atomic E-state index is -0.425. The van der Waals surface area contributed by atoms with Gasteiger partial charge in [-0.2, -0.15) is 0 Å². The summed E-state index contributed by atoms with van der Waals surface area (Å²) in [4.78, 5) is 5.84. The monoisotopic (exact) mass is 207 g/mol. The Balaban J connectivity index is 2.92. The van der Waals surface area contributed by atoms with Crippen molar-refractivity contribution >= 4 is 12.2 Å². The minimum absolute atomic E-state index is 0.153. The van der Waals surface area contributed by atoms with Crippen molar-refractivity contribution in [3.05, 3.63) is 23.9 Å². The largest absolute Gasteiger partial charge is 0.384 e. The van der Waals surface area contributed by atoms with Crippen LogP contribution in [0.3, 0.4) is 0 Å². The second-order valence-electron chi connectivity index (χ2n) is 3.60. The lowest BCUT2D eigenvalue weighted by Gasteiger charge is -2.29. The van der Waals surface area contributed by atoms with Crippen LogP contribution in [-0.4, -0.2) is 22.3 Å². The number of pyridine rings is 1. The molecule has 0 aliphatic rings. The number of hydrogen-bond donors (Lipinski definition) is 3. The van der Waals surface area contributed by atoms with Gasteiger partial charge in [0, 0.05) is 6.04 Å². The third-order valence-electron chi connectivity index (χ3n) is 2.16. The number of nitrogens with two attached hydrogens (primary N) is 2. The van der Waals surface area contributed by atoms with E-state index in [4.69, 9.17) is 16.9 Å². The van der Waals surface area contributed by atoms with Gasteiger partial charge in [-0.3, -0.25) is 5.41 Å². The van der Waals surface area contributed by atoms with Gasteiger partial charge in [-0.05, 0) is 26.0 Å². The number of nitrogens with one attached hydrogen (secondary N) is 1. The van der Waals surface area contributed by atoms with Gasteiger partial charge in [-0.25, -0.2) is 4.98 Å². The average molecular weight is 207 g/mol. The molecular formula is C10H17N5. The second kappa shape index (κ2) is 4.75. The van der Waals surface area contributed by atoms with E-state index in [0.29, 0.717) is 11.5 Å². The van der Waals surface area contributed by atoms with E-state index in [1.54, 1.807) is 23.1 Å². The molecule has 0 saturated heterocycles. The first-order valence-corrected chi connectivity index (χ1v) is 4.82. The molecule has 5 N–H and O–H groups in total. The van der Waals surface area contributed by atoms with E-state index in [9.17, 15) is 0 Å². The fourth-order valence-corrected chi connectivity index (χ4v) is 1.34. The molecule has 82 valence electrons. The molecule has 0 aromatic carbocycles. The molecule has 0 saturated carbocycles. The lowest BCUT2D eigenvalue weighted by Crippen LogP contribution is -2.38. The summed E-state index contributed by atoms with van der Waals surface area (Å²) < 4.78 is 0. The maximum atomic E-state index is 7.29. The Hall–Kier alpha value is -1.62. The van der Waals surface area contributed by atoms with Crippen molar-refractivity contribution in [2.24, 2.45) is 5.73 Å². The molecule has 1 heterocycles. The number of nitrogen functional groups attached to an aromatic ring is 1. The number of aromatic nitrogens is 1.